The number of aromatic nitrogens is 3. The molecule has 0 spiro atoms. The van der Waals surface area contributed by atoms with Gasteiger partial charge in [-0.15, -0.1) is 0 Å². The zero-order valence-electron chi connectivity index (χ0n) is 16.8. The summed E-state index contributed by atoms with van der Waals surface area (Å²) in [7, 11) is 0. The van der Waals surface area contributed by atoms with E-state index in [4.69, 9.17) is 17.9 Å². The van der Waals surface area contributed by atoms with Gasteiger partial charge in [0.1, 0.15) is 12.2 Å². The molecule has 2 aromatic heterocycles. The quantitative estimate of drug-likeness (QED) is 0.699. The Balaban J connectivity index is 1.50. The molecule has 0 atom stereocenters. The number of aryl methyl sites for hydroxylation is 2. The number of rotatable bonds is 5. The van der Waals surface area contributed by atoms with Gasteiger partial charge in [0.05, 0.1) is 5.69 Å². The third kappa shape index (κ3) is 4.38. The summed E-state index contributed by atoms with van der Waals surface area (Å²) >= 11 is 5.04. The highest BCUT2D eigenvalue weighted by atomic mass is 32.1. The van der Waals surface area contributed by atoms with E-state index in [-0.39, 0.29) is 0 Å². The molecule has 2 aliphatic heterocycles. The maximum atomic E-state index is 5.04. The number of hydrogen-bond acceptors (Lipinski definition) is 7. The Morgan fingerprint density at radius 3 is 2.97 bits per heavy atom. The molecular weight excluding hydrogens is 394 g/mol. The molecule has 4 heterocycles. The Bertz CT molecular complexity index is 1020. The summed E-state index contributed by atoms with van der Waals surface area (Å²) < 4.78 is 3.43. The van der Waals surface area contributed by atoms with E-state index in [0.717, 1.165) is 55.1 Å². The van der Waals surface area contributed by atoms with E-state index in [1.807, 2.05) is 30.5 Å². The maximum Gasteiger partial charge on any atom is 0.137 e. The summed E-state index contributed by atoms with van der Waals surface area (Å²) in [5, 5.41) is 8.86. The third-order valence-electron chi connectivity index (χ3n) is 5.22. The van der Waals surface area contributed by atoms with E-state index < -0.39 is 0 Å². The van der Waals surface area contributed by atoms with Gasteiger partial charge in [0, 0.05) is 54.8 Å². The summed E-state index contributed by atoms with van der Waals surface area (Å²) in [4.78, 5) is 11.1. The van der Waals surface area contributed by atoms with Crippen molar-refractivity contribution in [2.45, 2.75) is 32.4 Å². The predicted octanol–water partition coefficient (Wildman–Crippen LogP) is 3.10. The molecule has 8 heteroatoms. The molecule has 0 saturated heterocycles. The summed E-state index contributed by atoms with van der Waals surface area (Å²) in [5.41, 5.74) is 5.34. The fourth-order valence-electron chi connectivity index (χ4n) is 3.77. The molecule has 0 N–H and O–H groups in total. The molecule has 7 nitrogen and oxygen atoms in total. The van der Waals surface area contributed by atoms with Gasteiger partial charge in [-0.1, -0.05) is 19.2 Å². The van der Waals surface area contributed by atoms with Crippen LogP contribution in [0.25, 0.3) is 6.08 Å². The van der Waals surface area contributed by atoms with Crippen molar-refractivity contribution in [1.29, 1.82) is 0 Å². The molecule has 0 fully saturated rings. The molecule has 0 bridgehead atoms. The summed E-state index contributed by atoms with van der Waals surface area (Å²) in [6.07, 6.45) is 11.5. The largest absolute Gasteiger partial charge is 0.639 e. The van der Waals surface area contributed by atoms with Crippen LogP contribution in [-0.2, 0) is 38.7 Å². The van der Waals surface area contributed by atoms with Crippen molar-refractivity contribution in [3.8, 4) is 0 Å². The van der Waals surface area contributed by atoms with Gasteiger partial charge in [-0.25, -0.2) is 4.99 Å². The summed E-state index contributed by atoms with van der Waals surface area (Å²) in [5.74, 6) is 0.807. The van der Waals surface area contributed by atoms with Gasteiger partial charge >= 0.3 is 0 Å². The monoisotopic (exact) mass is 418 g/mol. The molecule has 0 radical (unpaired) electrons. The number of pyridine rings is 1. The van der Waals surface area contributed by atoms with Crippen molar-refractivity contribution in [3.63, 3.8) is 0 Å². The highest BCUT2D eigenvalue weighted by Crippen LogP contribution is 2.25. The van der Waals surface area contributed by atoms with Crippen LogP contribution in [0.15, 0.2) is 65.5 Å². The SMILES string of the molecule is C=Cc1nn(CCCc2ccccn2)c2c1CN(C1=N/C=N\N([S-])/C=C\C1=C)CC2. The first kappa shape index (κ1) is 20.2. The second-order valence-corrected chi connectivity index (χ2v) is 7.54. The standard InChI is InChI=1S/C22H24N7S/c1-3-20-19-15-27(22-17(2)9-14-29(30)25-16-24-22)13-10-21(19)28(26-20)12-6-8-18-7-4-5-11-23-18/h3-5,7,9,11,14,16H,1-2,6,8,10,12-13,15H2/q-1/b14-9-,24-22?,25-16-. The summed E-state index contributed by atoms with van der Waals surface area (Å²) in [6.45, 7) is 10.5. The molecular formula is C22H24N7S-. The van der Waals surface area contributed by atoms with Gasteiger partial charge in [0.15, 0.2) is 0 Å². The number of aliphatic imine (C=N–C) groups is 1. The van der Waals surface area contributed by atoms with Crippen molar-refractivity contribution >= 4 is 31.1 Å². The minimum atomic E-state index is 0.716. The average Bonchev–Trinajstić information content (AvgIpc) is 3.12. The van der Waals surface area contributed by atoms with Crippen molar-refractivity contribution < 1.29 is 0 Å². The first-order valence-corrected chi connectivity index (χ1v) is 10.3. The topological polar surface area (TPSA) is 61.9 Å². The van der Waals surface area contributed by atoms with Crippen LogP contribution in [0.3, 0.4) is 0 Å². The Morgan fingerprint density at radius 1 is 1.27 bits per heavy atom. The number of amidine groups is 1. The molecule has 0 saturated carbocycles. The molecule has 30 heavy (non-hydrogen) atoms. The van der Waals surface area contributed by atoms with Crippen molar-refractivity contribution in [2.75, 3.05) is 6.54 Å². The highest BCUT2D eigenvalue weighted by Gasteiger charge is 2.26. The highest BCUT2D eigenvalue weighted by molar-refractivity contribution is 7.56. The molecule has 0 aromatic carbocycles. The Morgan fingerprint density at radius 2 is 2.17 bits per heavy atom. The Hall–Kier alpha value is -3.13. The van der Waals surface area contributed by atoms with E-state index >= 15 is 0 Å². The molecule has 154 valence electrons. The van der Waals surface area contributed by atoms with E-state index in [1.165, 1.54) is 22.0 Å². The minimum Gasteiger partial charge on any atom is -0.639 e. The molecule has 0 aliphatic carbocycles. The Kier molecular flexibility index (Phi) is 6.13. The molecule has 4 rings (SSSR count). The first-order chi connectivity index (χ1) is 14.7. The lowest BCUT2D eigenvalue weighted by molar-refractivity contribution is 0.383. The van der Waals surface area contributed by atoms with E-state index in [1.54, 1.807) is 6.20 Å². The number of hydrazone groups is 1. The van der Waals surface area contributed by atoms with Crippen LogP contribution in [0, 0.1) is 0 Å². The molecule has 0 unspecified atom stereocenters. The van der Waals surface area contributed by atoms with E-state index in [9.17, 15) is 0 Å². The van der Waals surface area contributed by atoms with Crippen molar-refractivity contribution in [3.05, 3.63) is 78.0 Å². The van der Waals surface area contributed by atoms with Crippen LogP contribution in [0.1, 0.15) is 29.1 Å². The zero-order chi connectivity index (χ0) is 20.9. The lowest BCUT2D eigenvalue weighted by atomic mass is 10.0. The normalized spacial score (nSPS) is 18.3. The van der Waals surface area contributed by atoms with Crippen molar-refractivity contribution in [2.24, 2.45) is 10.1 Å². The number of hydrogen-bond donors (Lipinski definition) is 0. The Labute approximate surface area is 182 Å². The fourth-order valence-corrected chi connectivity index (χ4v) is 3.87. The predicted molar refractivity (Wildman–Crippen MR) is 122 cm³/mol. The minimum absolute atomic E-state index is 0.716. The third-order valence-corrected chi connectivity index (χ3v) is 5.44. The van der Waals surface area contributed by atoms with Crippen LogP contribution in [0.2, 0.25) is 0 Å². The van der Waals surface area contributed by atoms with Crippen LogP contribution in [0.4, 0.5) is 0 Å². The lowest BCUT2D eigenvalue weighted by Crippen LogP contribution is -2.37. The fraction of sp³-hybridized carbons (Fsp3) is 0.273. The first-order valence-electron chi connectivity index (χ1n) is 9.95. The van der Waals surface area contributed by atoms with Crippen LogP contribution in [0.5, 0.6) is 0 Å². The summed E-state index contributed by atoms with van der Waals surface area (Å²) in [6, 6.07) is 6.04. The second-order valence-electron chi connectivity index (χ2n) is 7.16. The van der Waals surface area contributed by atoms with Crippen LogP contribution >= 0.6 is 0 Å². The molecule has 2 aromatic rings. The average molecular weight is 419 g/mol. The molecule has 0 amide bonds. The van der Waals surface area contributed by atoms with Crippen LogP contribution in [-0.4, -0.2) is 42.8 Å². The van der Waals surface area contributed by atoms with Gasteiger partial charge in [-0.2, -0.15) is 10.2 Å². The maximum absolute atomic E-state index is 5.04. The number of nitrogens with zero attached hydrogens (tertiary/aromatic N) is 7. The zero-order valence-corrected chi connectivity index (χ0v) is 17.6. The van der Waals surface area contributed by atoms with Crippen LogP contribution < -0.4 is 0 Å². The van der Waals surface area contributed by atoms with Gasteiger partial charge in [0.25, 0.3) is 0 Å². The smallest absolute Gasteiger partial charge is 0.137 e. The molecule has 2 aliphatic rings. The van der Waals surface area contributed by atoms with Gasteiger partial charge in [0.2, 0.25) is 0 Å². The second kappa shape index (κ2) is 9.13. The van der Waals surface area contributed by atoms with E-state index in [0.29, 0.717) is 6.54 Å². The van der Waals surface area contributed by atoms with Gasteiger partial charge < -0.3 is 22.1 Å². The van der Waals surface area contributed by atoms with Crippen molar-refractivity contribution in [1.82, 2.24) is 24.1 Å². The van der Waals surface area contributed by atoms with Gasteiger partial charge in [-0.05, 0) is 43.3 Å². The number of fused-ring (bicyclic) bond motifs is 1. The van der Waals surface area contributed by atoms with Gasteiger partial charge in [-0.3, -0.25) is 9.67 Å². The lowest BCUT2D eigenvalue weighted by Gasteiger charge is -2.31. The van der Waals surface area contributed by atoms with E-state index in [2.05, 4.69) is 43.9 Å².